The molecule has 0 aromatic heterocycles. The summed E-state index contributed by atoms with van der Waals surface area (Å²) in [7, 11) is 1.98. The molecule has 2 rings (SSSR count). The number of hydrogen-bond acceptors (Lipinski definition) is 2. The van der Waals surface area contributed by atoms with Crippen LogP contribution in [-0.2, 0) is 11.2 Å². The minimum Gasteiger partial charge on any atom is -0.373 e. The molecule has 0 spiro atoms. The Morgan fingerprint density at radius 3 is 3.12 bits per heavy atom. The molecule has 92 valence electrons. The van der Waals surface area contributed by atoms with E-state index in [0.29, 0.717) is 0 Å². The fourth-order valence-corrected chi connectivity index (χ4v) is 2.24. The van der Waals surface area contributed by atoms with Crippen molar-refractivity contribution in [1.82, 2.24) is 5.32 Å². The van der Waals surface area contributed by atoms with Gasteiger partial charge in [0.05, 0.1) is 12.7 Å². The minimum absolute atomic E-state index is 0.255. The molecule has 0 amide bonds. The van der Waals surface area contributed by atoms with Crippen LogP contribution >= 0.6 is 0 Å². The van der Waals surface area contributed by atoms with Crippen molar-refractivity contribution < 1.29 is 4.74 Å². The van der Waals surface area contributed by atoms with Crippen molar-refractivity contribution in [2.75, 3.05) is 20.2 Å². The monoisotopic (exact) mass is 231 g/mol. The summed E-state index contributed by atoms with van der Waals surface area (Å²) < 4.78 is 5.84. The summed E-state index contributed by atoms with van der Waals surface area (Å²) in [5, 5.41) is 3.14. The maximum Gasteiger partial charge on any atom is 0.0862 e. The predicted molar refractivity (Wildman–Crippen MR) is 71.1 cm³/mol. The van der Waals surface area contributed by atoms with Crippen LogP contribution in [0.1, 0.15) is 30.1 Å². The molecule has 1 N–H and O–H groups in total. The minimum atomic E-state index is 0.255. The van der Waals surface area contributed by atoms with Crippen LogP contribution in [0.15, 0.2) is 36.4 Å². The maximum absolute atomic E-state index is 5.84. The summed E-state index contributed by atoms with van der Waals surface area (Å²) in [6, 6.07) is 8.63. The quantitative estimate of drug-likeness (QED) is 0.621. The van der Waals surface area contributed by atoms with Gasteiger partial charge in [0, 0.05) is 0 Å². The van der Waals surface area contributed by atoms with E-state index >= 15 is 0 Å². The second-order valence-corrected chi connectivity index (χ2v) is 4.41. The van der Waals surface area contributed by atoms with Crippen molar-refractivity contribution in [3.05, 3.63) is 47.5 Å². The SMILES string of the molecule is CNCCC=CCC1OCCc2ccccc21. The fourth-order valence-electron chi connectivity index (χ4n) is 2.24. The van der Waals surface area contributed by atoms with Gasteiger partial charge in [-0.25, -0.2) is 0 Å². The van der Waals surface area contributed by atoms with E-state index in [0.717, 1.165) is 32.4 Å². The molecule has 1 aromatic rings. The number of nitrogens with one attached hydrogen (secondary N) is 1. The van der Waals surface area contributed by atoms with E-state index in [4.69, 9.17) is 4.74 Å². The molecule has 0 fully saturated rings. The number of fused-ring (bicyclic) bond motifs is 1. The Balaban J connectivity index is 1.92. The molecular weight excluding hydrogens is 210 g/mol. The standard InChI is InChI=1S/C15H21NO/c1-16-11-6-2-3-9-15-14-8-5-4-7-13(14)10-12-17-15/h2-5,7-8,15-16H,6,9-12H2,1H3. The molecule has 1 atom stereocenters. The van der Waals surface area contributed by atoms with E-state index < -0.39 is 0 Å². The second-order valence-electron chi connectivity index (χ2n) is 4.41. The van der Waals surface area contributed by atoms with Crippen LogP contribution in [0.4, 0.5) is 0 Å². The smallest absolute Gasteiger partial charge is 0.0862 e. The zero-order valence-corrected chi connectivity index (χ0v) is 10.5. The number of benzene rings is 1. The molecule has 2 heteroatoms. The summed E-state index contributed by atoms with van der Waals surface area (Å²) in [6.07, 6.45) is 7.86. The van der Waals surface area contributed by atoms with Gasteiger partial charge in [-0.05, 0) is 44.0 Å². The molecule has 0 saturated heterocycles. The zero-order valence-electron chi connectivity index (χ0n) is 10.5. The van der Waals surface area contributed by atoms with Gasteiger partial charge in [0.1, 0.15) is 0 Å². The van der Waals surface area contributed by atoms with E-state index in [9.17, 15) is 0 Å². The average molecular weight is 231 g/mol. The maximum atomic E-state index is 5.84. The van der Waals surface area contributed by atoms with Gasteiger partial charge in [0.2, 0.25) is 0 Å². The lowest BCUT2D eigenvalue weighted by Gasteiger charge is -2.25. The van der Waals surface area contributed by atoms with Gasteiger partial charge in [0.25, 0.3) is 0 Å². The Bertz CT molecular complexity index is 373. The van der Waals surface area contributed by atoms with Gasteiger partial charge in [-0.1, -0.05) is 36.4 Å². The molecule has 1 unspecified atom stereocenters. The van der Waals surface area contributed by atoms with Crippen molar-refractivity contribution in [2.45, 2.75) is 25.4 Å². The lowest BCUT2D eigenvalue weighted by Crippen LogP contribution is -2.15. The number of ether oxygens (including phenoxy) is 1. The van der Waals surface area contributed by atoms with Crippen LogP contribution < -0.4 is 5.32 Å². The summed E-state index contributed by atoms with van der Waals surface area (Å²) >= 11 is 0. The van der Waals surface area contributed by atoms with E-state index in [1.807, 2.05) is 7.05 Å². The highest BCUT2D eigenvalue weighted by Gasteiger charge is 2.18. The first kappa shape index (κ1) is 12.3. The zero-order chi connectivity index (χ0) is 11.9. The molecule has 1 aromatic carbocycles. The molecule has 1 aliphatic heterocycles. The van der Waals surface area contributed by atoms with Crippen LogP contribution in [0, 0.1) is 0 Å². The van der Waals surface area contributed by atoms with Crippen LogP contribution in [0.25, 0.3) is 0 Å². The highest BCUT2D eigenvalue weighted by atomic mass is 16.5. The molecule has 0 bridgehead atoms. The van der Waals surface area contributed by atoms with Crippen molar-refractivity contribution >= 4 is 0 Å². The molecule has 0 aliphatic carbocycles. The van der Waals surface area contributed by atoms with Gasteiger partial charge in [-0.15, -0.1) is 0 Å². The van der Waals surface area contributed by atoms with Gasteiger partial charge in [-0.2, -0.15) is 0 Å². The molecule has 17 heavy (non-hydrogen) atoms. The van der Waals surface area contributed by atoms with Crippen molar-refractivity contribution in [2.24, 2.45) is 0 Å². The van der Waals surface area contributed by atoms with Crippen LogP contribution in [0.5, 0.6) is 0 Å². The summed E-state index contributed by atoms with van der Waals surface area (Å²) in [5.74, 6) is 0. The average Bonchev–Trinajstić information content (AvgIpc) is 2.39. The highest BCUT2D eigenvalue weighted by Crippen LogP contribution is 2.29. The van der Waals surface area contributed by atoms with Crippen LogP contribution in [-0.4, -0.2) is 20.2 Å². The number of rotatable bonds is 5. The largest absolute Gasteiger partial charge is 0.373 e. The van der Waals surface area contributed by atoms with Gasteiger partial charge >= 0.3 is 0 Å². The Kier molecular flexibility index (Phi) is 4.77. The first-order chi connectivity index (χ1) is 8.42. The van der Waals surface area contributed by atoms with Crippen molar-refractivity contribution in [3.63, 3.8) is 0 Å². The molecule has 1 heterocycles. The Morgan fingerprint density at radius 1 is 1.35 bits per heavy atom. The van der Waals surface area contributed by atoms with Crippen molar-refractivity contribution in [1.29, 1.82) is 0 Å². The van der Waals surface area contributed by atoms with E-state index in [1.54, 1.807) is 0 Å². The van der Waals surface area contributed by atoms with E-state index in [2.05, 4.69) is 41.7 Å². The third-order valence-electron chi connectivity index (χ3n) is 3.17. The van der Waals surface area contributed by atoms with Gasteiger partial charge < -0.3 is 10.1 Å². The normalized spacial score (nSPS) is 19.5. The van der Waals surface area contributed by atoms with E-state index in [1.165, 1.54) is 11.1 Å². The summed E-state index contributed by atoms with van der Waals surface area (Å²) in [5.41, 5.74) is 2.82. The Hall–Kier alpha value is -1.12. The Morgan fingerprint density at radius 2 is 2.24 bits per heavy atom. The van der Waals surface area contributed by atoms with Crippen molar-refractivity contribution in [3.8, 4) is 0 Å². The lowest BCUT2D eigenvalue weighted by molar-refractivity contribution is 0.0445. The molecule has 0 saturated carbocycles. The van der Waals surface area contributed by atoms with Crippen LogP contribution in [0.3, 0.4) is 0 Å². The highest BCUT2D eigenvalue weighted by molar-refractivity contribution is 5.31. The third-order valence-corrected chi connectivity index (χ3v) is 3.17. The number of hydrogen-bond donors (Lipinski definition) is 1. The van der Waals surface area contributed by atoms with Gasteiger partial charge in [0.15, 0.2) is 0 Å². The first-order valence-corrected chi connectivity index (χ1v) is 6.41. The Labute approximate surface area is 104 Å². The predicted octanol–water partition coefficient (Wildman–Crippen LogP) is 2.86. The second kappa shape index (κ2) is 6.58. The fraction of sp³-hybridized carbons (Fsp3) is 0.467. The molecule has 0 radical (unpaired) electrons. The molecular formula is C15H21NO. The summed E-state index contributed by atoms with van der Waals surface area (Å²) in [4.78, 5) is 0. The van der Waals surface area contributed by atoms with Gasteiger partial charge in [-0.3, -0.25) is 0 Å². The van der Waals surface area contributed by atoms with E-state index in [-0.39, 0.29) is 6.10 Å². The summed E-state index contributed by atoms with van der Waals surface area (Å²) in [6.45, 7) is 1.89. The van der Waals surface area contributed by atoms with Crippen LogP contribution in [0.2, 0.25) is 0 Å². The third kappa shape index (κ3) is 3.42. The topological polar surface area (TPSA) is 21.3 Å². The lowest BCUT2D eigenvalue weighted by atomic mass is 9.96. The molecule has 2 nitrogen and oxygen atoms in total. The first-order valence-electron chi connectivity index (χ1n) is 6.41. The molecule has 1 aliphatic rings.